The molecule has 3 rings (SSSR count). The van der Waals surface area contributed by atoms with E-state index in [0.717, 1.165) is 0 Å². The Bertz CT molecular complexity index is 951. The van der Waals surface area contributed by atoms with Crippen LogP contribution in [0.4, 0.5) is 0 Å². The van der Waals surface area contributed by atoms with Gasteiger partial charge in [-0.3, -0.25) is 4.79 Å². The van der Waals surface area contributed by atoms with Crippen LogP contribution in [0.1, 0.15) is 11.3 Å². The number of ether oxygens (including phenoxy) is 2. The number of rotatable bonds is 5. The maximum atomic E-state index is 13.0. The van der Waals surface area contributed by atoms with E-state index in [4.69, 9.17) is 18.3 Å². The van der Waals surface area contributed by atoms with Crippen LogP contribution < -0.4 is 14.9 Å². The smallest absolute Gasteiger partial charge is 0.206 e. The number of methoxy groups -OCH3 is 2. The predicted molar refractivity (Wildman–Crippen MR) is 92.7 cm³/mol. The Labute approximate surface area is 136 Å². The summed E-state index contributed by atoms with van der Waals surface area (Å²) < 4.78 is 22.3. The highest BCUT2D eigenvalue weighted by Gasteiger charge is 2.24. The number of fused-ring (bicyclic) bond motifs is 2. The molecule has 0 aliphatic carbocycles. The molecular formula is C17H16O5S. The van der Waals surface area contributed by atoms with Crippen LogP contribution in [0, 0.1) is 0 Å². The Balaban J connectivity index is 2.60. The fourth-order valence-electron chi connectivity index (χ4n) is 2.70. The summed E-state index contributed by atoms with van der Waals surface area (Å²) in [6.45, 7) is 3.73. The van der Waals surface area contributed by atoms with Crippen LogP contribution in [0.15, 0.2) is 32.5 Å². The first-order valence-electron chi connectivity index (χ1n) is 6.90. The maximum absolute atomic E-state index is 13.0. The first-order chi connectivity index (χ1) is 11.2. The summed E-state index contributed by atoms with van der Waals surface area (Å²) in [6.07, 6.45) is 4.98. The van der Waals surface area contributed by atoms with Crippen molar-refractivity contribution in [1.82, 2.24) is 0 Å². The molecule has 120 valence electrons. The van der Waals surface area contributed by atoms with Crippen molar-refractivity contribution in [1.29, 1.82) is 0 Å². The molecule has 0 atom stereocenters. The topological polar surface area (TPSA) is 61.8 Å². The van der Waals surface area contributed by atoms with Gasteiger partial charge in [-0.25, -0.2) is 0 Å². The third kappa shape index (κ3) is 2.21. The lowest BCUT2D eigenvalue weighted by molar-refractivity contribution is 0.399. The Morgan fingerprint density at radius 2 is 2.00 bits per heavy atom. The highest BCUT2D eigenvalue weighted by molar-refractivity contribution is 7.97. The minimum atomic E-state index is -0.145. The normalized spacial score (nSPS) is 11.1. The van der Waals surface area contributed by atoms with E-state index >= 15 is 0 Å². The van der Waals surface area contributed by atoms with Crippen molar-refractivity contribution < 1.29 is 18.3 Å². The van der Waals surface area contributed by atoms with E-state index in [1.165, 1.54) is 38.3 Å². The van der Waals surface area contributed by atoms with Gasteiger partial charge in [0, 0.05) is 5.75 Å². The van der Waals surface area contributed by atoms with Gasteiger partial charge in [0.05, 0.1) is 31.4 Å². The van der Waals surface area contributed by atoms with E-state index in [1.54, 1.807) is 6.07 Å². The summed E-state index contributed by atoms with van der Waals surface area (Å²) in [7, 11) is 3.02. The zero-order chi connectivity index (χ0) is 16.6. The predicted octanol–water partition coefficient (Wildman–Crippen LogP) is 4.06. The molecule has 0 saturated carbocycles. The van der Waals surface area contributed by atoms with E-state index in [-0.39, 0.29) is 5.43 Å². The summed E-state index contributed by atoms with van der Waals surface area (Å²) in [6, 6.07) is 1.74. The molecule has 2 aromatic heterocycles. The lowest BCUT2D eigenvalue weighted by atomic mass is 10.1. The molecule has 23 heavy (non-hydrogen) atoms. The van der Waals surface area contributed by atoms with Gasteiger partial charge in [0.15, 0.2) is 11.2 Å². The standard InChI is InChI=1S/C17H16O5S/c1-5-11-10(8-23-4)13(18)12-14(19-2)9-6-7-21-15(9)17(20-3)16(12)22-11/h5-7H,1,8H2,2-4H3. The summed E-state index contributed by atoms with van der Waals surface area (Å²) in [5, 5.41) is 1.03. The van der Waals surface area contributed by atoms with Crippen molar-refractivity contribution in [2.24, 2.45) is 0 Å². The molecule has 2 heterocycles. The van der Waals surface area contributed by atoms with Crippen molar-refractivity contribution >= 4 is 39.8 Å². The quantitative estimate of drug-likeness (QED) is 0.702. The molecule has 0 spiro atoms. The first-order valence-corrected chi connectivity index (χ1v) is 8.29. The minimum Gasteiger partial charge on any atom is -0.495 e. The highest BCUT2D eigenvalue weighted by atomic mass is 32.2. The average Bonchev–Trinajstić information content (AvgIpc) is 3.04. The van der Waals surface area contributed by atoms with Gasteiger partial charge in [0.25, 0.3) is 0 Å². The van der Waals surface area contributed by atoms with Gasteiger partial charge in [-0.15, -0.1) is 0 Å². The highest BCUT2D eigenvalue weighted by Crippen LogP contribution is 2.42. The molecule has 1 aromatic carbocycles. The molecule has 0 radical (unpaired) electrons. The SMILES string of the molecule is C=Cc1oc2c(OC)c3occc3c(OC)c2c(=O)c1CSC. The molecule has 0 saturated heterocycles. The maximum Gasteiger partial charge on any atom is 0.206 e. The second kappa shape index (κ2) is 6.04. The lowest BCUT2D eigenvalue weighted by Crippen LogP contribution is -2.12. The van der Waals surface area contributed by atoms with Crippen molar-refractivity contribution in [3.05, 3.63) is 40.5 Å². The Morgan fingerprint density at radius 3 is 2.61 bits per heavy atom. The molecule has 3 aromatic rings. The van der Waals surface area contributed by atoms with Gasteiger partial charge in [0.1, 0.15) is 16.9 Å². The van der Waals surface area contributed by atoms with Gasteiger partial charge < -0.3 is 18.3 Å². The van der Waals surface area contributed by atoms with Crippen LogP contribution in [0.5, 0.6) is 11.5 Å². The lowest BCUT2D eigenvalue weighted by Gasteiger charge is -2.13. The number of hydrogen-bond donors (Lipinski definition) is 0. The number of thioether (sulfide) groups is 1. The van der Waals surface area contributed by atoms with Crippen LogP contribution in [-0.4, -0.2) is 20.5 Å². The van der Waals surface area contributed by atoms with Gasteiger partial charge in [-0.1, -0.05) is 6.58 Å². The average molecular weight is 332 g/mol. The van der Waals surface area contributed by atoms with Gasteiger partial charge >= 0.3 is 0 Å². The third-order valence-corrected chi connectivity index (χ3v) is 4.25. The molecule has 0 N–H and O–H groups in total. The zero-order valence-corrected chi connectivity index (χ0v) is 13.9. The summed E-state index contributed by atoms with van der Waals surface area (Å²) in [5.74, 6) is 1.75. The molecule has 5 nitrogen and oxygen atoms in total. The monoisotopic (exact) mass is 332 g/mol. The van der Waals surface area contributed by atoms with Crippen molar-refractivity contribution in [3.63, 3.8) is 0 Å². The van der Waals surface area contributed by atoms with E-state index in [2.05, 4.69) is 6.58 Å². The summed E-state index contributed by atoms with van der Waals surface area (Å²) in [5.41, 5.74) is 1.20. The van der Waals surface area contributed by atoms with Crippen molar-refractivity contribution in [2.45, 2.75) is 5.75 Å². The van der Waals surface area contributed by atoms with Crippen LogP contribution >= 0.6 is 11.8 Å². The van der Waals surface area contributed by atoms with Gasteiger partial charge in [-0.2, -0.15) is 11.8 Å². The Morgan fingerprint density at radius 1 is 1.26 bits per heavy atom. The van der Waals surface area contributed by atoms with E-state index in [1.807, 2.05) is 6.26 Å². The Hall–Kier alpha value is -2.34. The third-order valence-electron chi connectivity index (χ3n) is 3.67. The molecule has 0 amide bonds. The molecule has 0 aliphatic rings. The number of hydrogen-bond acceptors (Lipinski definition) is 6. The van der Waals surface area contributed by atoms with E-state index in [0.29, 0.717) is 50.5 Å². The fraction of sp³-hybridized carbons (Fsp3) is 0.235. The van der Waals surface area contributed by atoms with Gasteiger partial charge in [-0.05, 0) is 18.4 Å². The Kier molecular flexibility index (Phi) is 4.09. The summed E-state index contributed by atoms with van der Waals surface area (Å²) in [4.78, 5) is 13.0. The van der Waals surface area contributed by atoms with E-state index < -0.39 is 0 Å². The molecule has 0 aliphatic heterocycles. The van der Waals surface area contributed by atoms with Crippen LogP contribution in [0.25, 0.3) is 28.0 Å². The zero-order valence-electron chi connectivity index (χ0n) is 13.1. The van der Waals surface area contributed by atoms with Crippen molar-refractivity contribution in [2.75, 3.05) is 20.5 Å². The van der Waals surface area contributed by atoms with E-state index in [9.17, 15) is 4.79 Å². The number of benzene rings is 1. The minimum absolute atomic E-state index is 0.145. The second-order valence-corrected chi connectivity index (χ2v) is 5.71. The molecule has 0 unspecified atom stereocenters. The van der Waals surface area contributed by atoms with Gasteiger partial charge in [0.2, 0.25) is 11.2 Å². The molecule has 6 heteroatoms. The number of furan rings is 1. The summed E-state index contributed by atoms with van der Waals surface area (Å²) >= 11 is 1.54. The molecule has 0 bridgehead atoms. The molecule has 0 fully saturated rings. The second-order valence-electron chi connectivity index (χ2n) is 4.85. The van der Waals surface area contributed by atoms with Crippen LogP contribution in [-0.2, 0) is 5.75 Å². The van der Waals surface area contributed by atoms with Crippen LogP contribution in [0.3, 0.4) is 0 Å². The first kappa shape index (κ1) is 15.6. The molecular weight excluding hydrogens is 316 g/mol. The van der Waals surface area contributed by atoms with Crippen LogP contribution in [0.2, 0.25) is 0 Å². The largest absolute Gasteiger partial charge is 0.495 e. The fourth-order valence-corrected chi connectivity index (χ4v) is 3.26. The van der Waals surface area contributed by atoms with Crippen molar-refractivity contribution in [3.8, 4) is 11.5 Å².